The van der Waals surface area contributed by atoms with E-state index in [9.17, 15) is 35.6 Å². The molecule has 0 atom stereocenters. The maximum Gasteiger partial charge on any atom is 0.431 e. The summed E-state index contributed by atoms with van der Waals surface area (Å²) in [5.41, 5.74) is -5.13. The number of aromatic nitrogens is 2. The Balaban J connectivity index is 2.60. The number of hydrogen-bond acceptors (Lipinski definition) is 4. The van der Waals surface area contributed by atoms with Gasteiger partial charge in [-0.3, -0.25) is 14.1 Å². The fourth-order valence-electron chi connectivity index (χ4n) is 2.43. The number of nitrogens with one attached hydrogen (secondary N) is 1. The minimum atomic E-state index is -4.96. The van der Waals surface area contributed by atoms with E-state index in [1.807, 2.05) is 0 Å². The van der Waals surface area contributed by atoms with Crippen LogP contribution in [0.1, 0.15) is 25.5 Å². The molecule has 2 aromatic rings. The first kappa shape index (κ1) is 21.7. The first-order valence-electron chi connectivity index (χ1n) is 8.08. The molecule has 1 N–H and O–H groups in total. The molecule has 0 saturated heterocycles. The Labute approximate surface area is 157 Å². The summed E-state index contributed by atoms with van der Waals surface area (Å²) in [6.45, 7) is 1.79. The summed E-state index contributed by atoms with van der Waals surface area (Å²) in [5, 5.41) is 0. The van der Waals surface area contributed by atoms with E-state index in [0.29, 0.717) is 12.8 Å². The summed E-state index contributed by atoms with van der Waals surface area (Å²) >= 11 is 0. The Morgan fingerprint density at radius 2 is 1.79 bits per heavy atom. The summed E-state index contributed by atoms with van der Waals surface area (Å²) in [7, 11) is -2.97. The molecule has 0 aliphatic carbocycles. The quantitative estimate of drug-likeness (QED) is 0.722. The van der Waals surface area contributed by atoms with Gasteiger partial charge >= 0.3 is 11.9 Å². The average Bonchev–Trinajstić information content (AvgIpc) is 2.58. The third-order valence-corrected chi connectivity index (χ3v) is 5.21. The molecule has 1 aromatic carbocycles. The van der Waals surface area contributed by atoms with Crippen LogP contribution >= 0.6 is 0 Å². The highest BCUT2D eigenvalue weighted by Crippen LogP contribution is 2.27. The van der Waals surface area contributed by atoms with Crippen molar-refractivity contribution in [2.75, 3.05) is 10.5 Å². The smallest absolute Gasteiger partial charge is 0.292 e. The van der Waals surface area contributed by atoms with Gasteiger partial charge in [-0.2, -0.15) is 13.2 Å². The Bertz CT molecular complexity index is 1100. The summed E-state index contributed by atoms with van der Waals surface area (Å²) < 4.78 is 79.4. The van der Waals surface area contributed by atoms with Crippen LogP contribution in [0.15, 0.2) is 33.9 Å². The number of nitrogens with zero attached hydrogens (tertiary/aromatic N) is 2. The lowest BCUT2D eigenvalue weighted by atomic mass is 10.2. The van der Waals surface area contributed by atoms with Gasteiger partial charge in [0, 0.05) is 13.1 Å². The molecule has 1 aromatic heterocycles. The predicted octanol–water partition coefficient (Wildman–Crippen LogP) is 2.24. The molecule has 0 aliphatic heterocycles. The molecule has 0 fully saturated rings. The van der Waals surface area contributed by atoms with Gasteiger partial charge in [0.25, 0.3) is 5.56 Å². The number of benzene rings is 1. The van der Waals surface area contributed by atoms with Crippen molar-refractivity contribution in [1.82, 2.24) is 9.13 Å². The highest BCUT2D eigenvalue weighted by Gasteiger charge is 2.35. The molecule has 28 heavy (non-hydrogen) atoms. The molecule has 0 saturated carbocycles. The van der Waals surface area contributed by atoms with Crippen molar-refractivity contribution in [3.63, 3.8) is 0 Å². The van der Waals surface area contributed by atoms with Crippen LogP contribution < -0.4 is 16.0 Å². The molecule has 7 nitrogen and oxygen atoms in total. The lowest BCUT2D eigenvalue weighted by Crippen LogP contribution is -2.41. The third-order valence-electron chi connectivity index (χ3n) is 3.84. The van der Waals surface area contributed by atoms with Crippen LogP contribution in [0.4, 0.5) is 23.2 Å². The molecule has 0 aliphatic rings. The zero-order chi connectivity index (χ0) is 21.3. The molecule has 0 bridgehead atoms. The van der Waals surface area contributed by atoms with Crippen molar-refractivity contribution in [1.29, 1.82) is 0 Å². The van der Waals surface area contributed by atoms with Gasteiger partial charge < -0.3 is 0 Å². The molecule has 12 heteroatoms. The van der Waals surface area contributed by atoms with Gasteiger partial charge in [0.1, 0.15) is 11.5 Å². The molecule has 0 spiro atoms. The zero-order valence-electron chi connectivity index (χ0n) is 14.9. The normalized spacial score (nSPS) is 12.2. The summed E-state index contributed by atoms with van der Waals surface area (Å²) in [6, 6.07) is 2.91. The maximum absolute atomic E-state index is 14.2. The highest BCUT2D eigenvalue weighted by molar-refractivity contribution is 7.92. The molecule has 1 heterocycles. The zero-order valence-corrected chi connectivity index (χ0v) is 15.7. The predicted molar refractivity (Wildman–Crippen MR) is 94.6 cm³/mol. The number of alkyl halides is 3. The van der Waals surface area contributed by atoms with E-state index < -0.39 is 44.6 Å². The number of unbranched alkanes of at least 4 members (excludes halogenated alkanes) is 1. The van der Waals surface area contributed by atoms with Crippen LogP contribution in [0, 0.1) is 5.82 Å². The van der Waals surface area contributed by atoms with E-state index in [1.165, 1.54) is 0 Å². The van der Waals surface area contributed by atoms with E-state index >= 15 is 0 Å². The van der Waals surface area contributed by atoms with Gasteiger partial charge in [0.2, 0.25) is 10.0 Å². The molecule has 2 rings (SSSR count). The van der Waals surface area contributed by atoms with Crippen LogP contribution in [0.3, 0.4) is 0 Å². The highest BCUT2D eigenvalue weighted by atomic mass is 32.2. The summed E-state index contributed by atoms with van der Waals surface area (Å²) in [6.07, 6.45) is -3.96. The van der Waals surface area contributed by atoms with Crippen LogP contribution in [-0.2, 0) is 23.2 Å². The summed E-state index contributed by atoms with van der Waals surface area (Å²) in [5.74, 6) is -1.28. The molecule has 154 valence electrons. The van der Waals surface area contributed by atoms with E-state index in [2.05, 4.69) is 4.72 Å². The second kappa shape index (κ2) is 7.78. The Morgan fingerprint density at radius 3 is 2.36 bits per heavy atom. The molecule has 0 unspecified atom stereocenters. The molecule has 0 radical (unpaired) electrons. The minimum absolute atomic E-state index is 0.138. The SMILES string of the molecule is CCCCS(=O)(=O)Nc1ccc(F)c(-n2c(=O)cc(C(F)(F)F)n(C)c2=O)c1. The lowest BCUT2D eigenvalue weighted by molar-refractivity contribution is -0.144. The molecular weight excluding hydrogens is 406 g/mol. The lowest BCUT2D eigenvalue weighted by Gasteiger charge is -2.15. The van der Waals surface area contributed by atoms with Gasteiger partial charge in [-0.1, -0.05) is 13.3 Å². The average molecular weight is 423 g/mol. The van der Waals surface area contributed by atoms with Gasteiger partial charge in [-0.15, -0.1) is 0 Å². The van der Waals surface area contributed by atoms with Crippen LogP contribution in [0.25, 0.3) is 5.69 Å². The number of halogens is 4. The largest absolute Gasteiger partial charge is 0.431 e. The van der Waals surface area contributed by atoms with Crippen molar-refractivity contribution >= 4 is 15.7 Å². The number of hydrogen-bond donors (Lipinski definition) is 1. The van der Waals surface area contributed by atoms with E-state index in [1.54, 1.807) is 6.92 Å². The number of sulfonamides is 1. The molecule has 0 amide bonds. The maximum atomic E-state index is 14.2. The van der Waals surface area contributed by atoms with E-state index in [4.69, 9.17) is 0 Å². The van der Waals surface area contributed by atoms with Crippen molar-refractivity contribution in [3.8, 4) is 5.69 Å². The van der Waals surface area contributed by atoms with E-state index in [0.717, 1.165) is 25.2 Å². The number of rotatable bonds is 6. The van der Waals surface area contributed by atoms with Crippen molar-refractivity contribution in [3.05, 3.63) is 56.6 Å². The molecular formula is C16H17F4N3O4S. The first-order valence-corrected chi connectivity index (χ1v) is 9.73. The van der Waals surface area contributed by atoms with Gasteiger partial charge in [-0.05, 0) is 24.6 Å². The first-order chi connectivity index (χ1) is 12.9. The topological polar surface area (TPSA) is 90.2 Å². The van der Waals surface area contributed by atoms with Gasteiger partial charge in [0.05, 0.1) is 17.1 Å². The van der Waals surface area contributed by atoms with Gasteiger partial charge in [-0.25, -0.2) is 22.2 Å². The fraction of sp³-hybridized carbons (Fsp3) is 0.375. The Kier molecular flexibility index (Phi) is 6.02. The van der Waals surface area contributed by atoms with Crippen molar-refractivity contribution in [2.45, 2.75) is 25.9 Å². The second-order valence-electron chi connectivity index (χ2n) is 5.98. The summed E-state index contributed by atoms with van der Waals surface area (Å²) in [4.78, 5) is 24.4. The Morgan fingerprint density at radius 1 is 1.14 bits per heavy atom. The van der Waals surface area contributed by atoms with Gasteiger partial charge in [0.15, 0.2) is 0 Å². The second-order valence-corrected chi connectivity index (χ2v) is 7.83. The monoisotopic (exact) mass is 423 g/mol. The standard InChI is InChI=1S/C16H17F4N3O4S/c1-3-4-7-28(26,27)21-10-5-6-11(17)12(8-10)23-14(24)9-13(16(18,19)20)22(2)15(23)25/h5-6,8-9,21H,3-4,7H2,1-2H3. The Hall–Kier alpha value is -2.63. The van der Waals surface area contributed by atoms with Crippen LogP contribution in [-0.4, -0.2) is 23.3 Å². The van der Waals surface area contributed by atoms with Crippen molar-refractivity contribution < 1.29 is 26.0 Å². The third kappa shape index (κ3) is 4.61. The van der Waals surface area contributed by atoms with Crippen LogP contribution in [0.5, 0.6) is 0 Å². The number of anilines is 1. The van der Waals surface area contributed by atoms with Crippen molar-refractivity contribution in [2.24, 2.45) is 7.05 Å². The minimum Gasteiger partial charge on any atom is -0.292 e. The van der Waals surface area contributed by atoms with Crippen LogP contribution in [0.2, 0.25) is 0 Å². The van der Waals surface area contributed by atoms with E-state index in [-0.39, 0.29) is 26.6 Å². The fourth-order valence-corrected chi connectivity index (χ4v) is 3.69.